The van der Waals surface area contributed by atoms with Gasteiger partial charge in [-0.15, -0.1) is 0 Å². The van der Waals surface area contributed by atoms with E-state index in [2.05, 4.69) is 55.6 Å². The van der Waals surface area contributed by atoms with Gasteiger partial charge in [0.15, 0.2) is 12.6 Å². The predicted octanol–water partition coefficient (Wildman–Crippen LogP) is 4.54. The third-order valence-electron chi connectivity index (χ3n) is 10.9. The van der Waals surface area contributed by atoms with E-state index in [-0.39, 0.29) is 18.9 Å². The number of aliphatic hydroxyl groups excluding tert-OH is 8. The average molecular weight is 856 g/mol. The van der Waals surface area contributed by atoms with Gasteiger partial charge in [-0.3, -0.25) is 4.79 Å². The Hall–Kier alpha value is -2.05. The molecule has 2 heterocycles. The van der Waals surface area contributed by atoms with Gasteiger partial charge in [0.1, 0.15) is 48.8 Å². The second kappa shape index (κ2) is 33.5. The van der Waals surface area contributed by atoms with Crippen molar-refractivity contribution in [2.24, 2.45) is 0 Å². The first-order valence-electron chi connectivity index (χ1n) is 22.9. The Morgan fingerprint density at radius 1 is 0.583 bits per heavy atom. The van der Waals surface area contributed by atoms with Crippen LogP contribution in [0.3, 0.4) is 0 Å². The van der Waals surface area contributed by atoms with Crippen molar-refractivity contribution in [3.8, 4) is 0 Å². The summed E-state index contributed by atoms with van der Waals surface area (Å²) in [5, 5.41) is 86.4. The SMILES string of the molecule is CCC/C=C\CCCCCCCC(=O)NC(COC1OC(CO)C(OC2OC(CO)C(O)C(O)C2O)C(O)C1O)C(O)/C=C/CC/C=C/CC/C=C/CCCCCCCC. The molecule has 2 fully saturated rings. The minimum absolute atomic E-state index is 0.257. The molecule has 0 aromatic carbocycles. The smallest absolute Gasteiger partial charge is 0.220 e. The zero-order valence-corrected chi connectivity index (χ0v) is 36.4. The van der Waals surface area contributed by atoms with Crippen LogP contribution in [-0.4, -0.2) is 140 Å². The number of amides is 1. The lowest BCUT2D eigenvalue weighted by Gasteiger charge is -2.46. The first-order chi connectivity index (χ1) is 29.1. The fourth-order valence-corrected chi connectivity index (χ4v) is 7.15. The van der Waals surface area contributed by atoms with Crippen molar-refractivity contribution in [1.82, 2.24) is 5.32 Å². The number of carbonyl (C=O) groups is 1. The molecule has 14 nitrogen and oxygen atoms in total. The molecule has 0 radical (unpaired) electrons. The number of hydrogen-bond acceptors (Lipinski definition) is 13. The van der Waals surface area contributed by atoms with Gasteiger partial charge in [-0.05, 0) is 64.2 Å². The average Bonchev–Trinajstić information content (AvgIpc) is 3.24. The molecule has 12 unspecified atom stereocenters. The molecule has 2 aliphatic rings. The van der Waals surface area contributed by atoms with Gasteiger partial charge in [-0.25, -0.2) is 0 Å². The summed E-state index contributed by atoms with van der Waals surface area (Å²) in [6.07, 6.45) is 20.3. The third kappa shape index (κ3) is 21.4. The lowest BCUT2D eigenvalue weighted by molar-refractivity contribution is -0.359. The molecule has 0 saturated carbocycles. The summed E-state index contributed by atoms with van der Waals surface area (Å²) in [5.41, 5.74) is 0. The Bertz CT molecular complexity index is 1200. The maximum Gasteiger partial charge on any atom is 0.220 e. The molecule has 2 rings (SSSR count). The minimum Gasteiger partial charge on any atom is -0.394 e. The minimum atomic E-state index is -1.79. The molecule has 1 amide bonds. The van der Waals surface area contributed by atoms with E-state index in [4.69, 9.17) is 18.9 Å². The Kier molecular flexibility index (Phi) is 30.2. The van der Waals surface area contributed by atoms with Gasteiger partial charge >= 0.3 is 0 Å². The normalized spacial score (nSPS) is 28.7. The van der Waals surface area contributed by atoms with Crippen molar-refractivity contribution in [3.05, 3.63) is 48.6 Å². The van der Waals surface area contributed by atoms with Crippen molar-refractivity contribution in [3.63, 3.8) is 0 Å². The first-order valence-corrected chi connectivity index (χ1v) is 22.9. The van der Waals surface area contributed by atoms with Crippen LogP contribution in [0, 0.1) is 0 Å². The van der Waals surface area contributed by atoms with Crippen LogP contribution in [0.2, 0.25) is 0 Å². The Morgan fingerprint density at radius 3 is 1.70 bits per heavy atom. The van der Waals surface area contributed by atoms with Gasteiger partial charge in [0.25, 0.3) is 0 Å². The highest BCUT2D eigenvalue weighted by Gasteiger charge is 2.50. The van der Waals surface area contributed by atoms with Crippen LogP contribution in [0.5, 0.6) is 0 Å². The van der Waals surface area contributed by atoms with E-state index in [1.807, 2.05) is 6.08 Å². The van der Waals surface area contributed by atoms with Gasteiger partial charge in [0, 0.05) is 6.42 Å². The molecule has 0 bridgehead atoms. The van der Waals surface area contributed by atoms with Crippen LogP contribution in [-0.2, 0) is 23.7 Å². The Labute approximate surface area is 359 Å². The maximum absolute atomic E-state index is 13.1. The molecule has 2 aliphatic heterocycles. The summed E-state index contributed by atoms with van der Waals surface area (Å²) in [5.74, 6) is -0.270. The van der Waals surface area contributed by atoms with Gasteiger partial charge in [0.2, 0.25) is 5.91 Å². The number of nitrogens with one attached hydrogen (secondary N) is 1. The number of carbonyl (C=O) groups excluding carboxylic acids is 1. The van der Waals surface area contributed by atoms with Crippen LogP contribution in [0.4, 0.5) is 0 Å². The van der Waals surface area contributed by atoms with Gasteiger partial charge < -0.3 is 65.1 Å². The summed E-state index contributed by atoms with van der Waals surface area (Å²) in [6, 6.07) is -0.939. The Balaban J connectivity index is 1.93. The second-order valence-corrected chi connectivity index (χ2v) is 16.2. The molecular weight excluding hydrogens is 774 g/mol. The molecule has 2 saturated heterocycles. The Morgan fingerprint density at radius 2 is 1.10 bits per heavy atom. The van der Waals surface area contributed by atoms with Crippen molar-refractivity contribution in [2.45, 2.75) is 216 Å². The molecule has 60 heavy (non-hydrogen) atoms. The molecule has 0 spiro atoms. The summed E-state index contributed by atoms with van der Waals surface area (Å²) in [6.45, 7) is 2.64. The molecule has 9 N–H and O–H groups in total. The molecule has 348 valence electrons. The van der Waals surface area contributed by atoms with E-state index < -0.39 is 86.8 Å². The topological polar surface area (TPSA) is 228 Å². The molecule has 0 aromatic rings. The van der Waals surface area contributed by atoms with Crippen molar-refractivity contribution in [2.75, 3.05) is 19.8 Å². The third-order valence-corrected chi connectivity index (χ3v) is 10.9. The number of unbranched alkanes of at least 4 members (excludes halogenated alkanes) is 14. The monoisotopic (exact) mass is 856 g/mol. The standard InChI is InChI=1S/C46H81NO13/c1-3-5-7-9-11-13-15-16-17-18-19-20-21-23-25-27-29-35(50)34(47-38(51)30-28-26-24-22-14-12-10-8-6-4-2)33-57-45-43(56)41(54)44(37(32-49)59-45)60-46-42(55)40(53)39(52)36(31-48)58-46/h8,10,16-17,20-21,27,29,34-37,39-46,48-50,52-56H,3-7,9,11-15,18-19,22-26,28,30-33H2,1-2H3,(H,47,51)/b10-8-,17-16+,21-20+,29-27+. The quantitative estimate of drug-likeness (QED) is 0.0327. The molecular formula is C46H81NO13. The van der Waals surface area contributed by atoms with E-state index in [1.165, 1.54) is 38.5 Å². The van der Waals surface area contributed by atoms with E-state index in [1.54, 1.807) is 6.08 Å². The van der Waals surface area contributed by atoms with Crippen LogP contribution >= 0.6 is 0 Å². The fraction of sp³-hybridized carbons (Fsp3) is 0.804. The van der Waals surface area contributed by atoms with Gasteiger partial charge in [-0.2, -0.15) is 0 Å². The van der Waals surface area contributed by atoms with Gasteiger partial charge in [0.05, 0.1) is 32.0 Å². The summed E-state index contributed by atoms with van der Waals surface area (Å²) >= 11 is 0. The fourth-order valence-electron chi connectivity index (χ4n) is 7.15. The summed E-state index contributed by atoms with van der Waals surface area (Å²) in [7, 11) is 0. The maximum atomic E-state index is 13.1. The zero-order chi connectivity index (χ0) is 44.0. The number of aliphatic hydroxyl groups is 8. The first kappa shape index (κ1) is 54.1. The largest absolute Gasteiger partial charge is 0.394 e. The van der Waals surface area contributed by atoms with Crippen molar-refractivity contribution in [1.29, 1.82) is 0 Å². The lowest BCUT2D eigenvalue weighted by Crippen LogP contribution is -2.65. The number of ether oxygens (including phenoxy) is 4. The number of hydrogen-bond donors (Lipinski definition) is 9. The van der Waals surface area contributed by atoms with Crippen LogP contribution in [0.25, 0.3) is 0 Å². The predicted molar refractivity (Wildman–Crippen MR) is 231 cm³/mol. The van der Waals surface area contributed by atoms with E-state index in [9.17, 15) is 45.6 Å². The number of rotatable bonds is 33. The highest BCUT2D eigenvalue weighted by atomic mass is 16.7. The number of allylic oxidation sites excluding steroid dienone is 7. The van der Waals surface area contributed by atoms with Crippen molar-refractivity contribution < 1.29 is 64.6 Å². The highest BCUT2D eigenvalue weighted by molar-refractivity contribution is 5.76. The van der Waals surface area contributed by atoms with E-state index in [0.29, 0.717) is 12.8 Å². The van der Waals surface area contributed by atoms with Crippen LogP contribution in [0.1, 0.15) is 142 Å². The van der Waals surface area contributed by atoms with Crippen LogP contribution in [0.15, 0.2) is 48.6 Å². The highest BCUT2D eigenvalue weighted by Crippen LogP contribution is 2.30. The lowest BCUT2D eigenvalue weighted by atomic mass is 9.97. The molecule has 14 heteroatoms. The molecule has 0 aromatic heterocycles. The van der Waals surface area contributed by atoms with Crippen LogP contribution < -0.4 is 5.32 Å². The van der Waals surface area contributed by atoms with Gasteiger partial charge in [-0.1, -0.05) is 120 Å². The zero-order valence-electron chi connectivity index (χ0n) is 36.4. The summed E-state index contributed by atoms with van der Waals surface area (Å²) < 4.78 is 22.6. The van der Waals surface area contributed by atoms with E-state index >= 15 is 0 Å². The van der Waals surface area contributed by atoms with E-state index in [0.717, 1.165) is 70.6 Å². The molecule has 0 aliphatic carbocycles. The molecule has 12 atom stereocenters. The summed E-state index contributed by atoms with van der Waals surface area (Å²) in [4.78, 5) is 13.1. The second-order valence-electron chi connectivity index (χ2n) is 16.2. The van der Waals surface area contributed by atoms with Crippen molar-refractivity contribution >= 4 is 5.91 Å².